The number of nitrogens with one attached hydrogen (secondary N) is 1. The van der Waals surface area contributed by atoms with Gasteiger partial charge < -0.3 is 20.1 Å². The minimum Gasteiger partial charge on any atom is -0.481 e. The van der Waals surface area contributed by atoms with Crippen molar-refractivity contribution in [1.29, 1.82) is 0 Å². The molecule has 9 heteroatoms. The van der Waals surface area contributed by atoms with E-state index in [1.54, 1.807) is 13.8 Å². The van der Waals surface area contributed by atoms with Crippen LogP contribution in [0.15, 0.2) is 4.52 Å². The average Bonchev–Trinajstić information content (AvgIpc) is 2.69. The molecule has 0 fully saturated rings. The van der Waals surface area contributed by atoms with Crippen molar-refractivity contribution in [1.82, 2.24) is 10.5 Å². The fraction of sp³-hybridized carbons (Fsp3) is 0.500. The van der Waals surface area contributed by atoms with Gasteiger partial charge in [-0.2, -0.15) is 0 Å². The highest BCUT2D eigenvalue weighted by Gasteiger charge is 2.22. The SMILES string of the molecule is Cc1noc(C)c1CSCC(=O)N[C@@H](CC(=O)O)C(=O)O. The number of aliphatic carboxylic acids is 2. The lowest BCUT2D eigenvalue weighted by molar-refractivity contribution is -0.147. The highest BCUT2D eigenvalue weighted by molar-refractivity contribution is 7.99. The first-order valence-corrected chi connectivity index (χ1v) is 7.20. The van der Waals surface area contributed by atoms with Gasteiger partial charge in [-0.1, -0.05) is 5.16 Å². The zero-order valence-corrected chi connectivity index (χ0v) is 12.4. The molecule has 1 heterocycles. The van der Waals surface area contributed by atoms with E-state index >= 15 is 0 Å². The number of rotatable bonds is 8. The van der Waals surface area contributed by atoms with Gasteiger partial charge in [0, 0.05) is 11.3 Å². The maximum Gasteiger partial charge on any atom is 0.326 e. The molecule has 1 aromatic heterocycles. The van der Waals surface area contributed by atoms with Crippen LogP contribution in [0.4, 0.5) is 0 Å². The van der Waals surface area contributed by atoms with Gasteiger partial charge in [0.15, 0.2) is 0 Å². The molecule has 8 nitrogen and oxygen atoms in total. The lowest BCUT2D eigenvalue weighted by atomic mass is 10.2. The number of amides is 1. The number of carboxylic acid groups (broad SMARTS) is 2. The van der Waals surface area contributed by atoms with Crippen molar-refractivity contribution >= 4 is 29.6 Å². The molecular formula is C12H16N2O6S. The number of aryl methyl sites for hydroxylation is 2. The van der Waals surface area contributed by atoms with Gasteiger partial charge in [0.1, 0.15) is 11.8 Å². The largest absolute Gasteiger partial charge is 0.481 e. The molecule has 0 aromatic carbocycles. The Kier molecular flexibility index (Phi) is 6.22. The van der Waals surface area contributed by atoms with Crippen LogP contribution in [0.25, 0.3) is 0 Å². The molecule has 0 aliphatic heterocycles. The molecule has 0 saturated heterocycles. The van der Waals surface area contributed by atoms with Crippen LogP contribution in [0.3, 0.4) is 0 Å². The molecule has 1 rings (SSSR count). The fourth-order valence-electron chi connectivity index (χ4n) is 1.56. The molecule has 0 aliphatic carbocycles. The molecule has 21 heavy (non-hydrogen) atoms. The fourth-order valence-corrected chi connectivity index (χ4v) is 2.55. The van der Waals surface area contributed by atoms with E-state index in [4.69, 9.17) is 14.7 Å². The minimum absolute atomic E-state index is 0.0213. The van der Waals surface area contributed by atoms with Crippen LogP contribution in [0.5, 0.6) is 0 Å². The molecule has 0 bridgehead atoms. The van der Waals surface area contributed by atoms with E-state index in [9.17, 15) is 14.4 Å². The number of aromatic nitrogens is 1. The Bertz CT molecular complexity index is 522. The van der Waals surface area contributed by atoms with Crippen molar-refractivity contribution in [3.8, 4) is 0 Å². The molecule has 0 spiro atoms. The van der Waals surface area contributed by atoms with Crippen molar-refractivity contribution in [2.75, 3.05) is 5.75 Å². The molecular weight excluding hydrogens is 300 g/mol. The summed E-state index contributed by atoms with van der Waals surface area (Å²) in [5.41, 5.74) is 1.64. The average molecular weight is 316 g/mol. The quantitative estimate of drug-likeness (QED) is 0.634. The van der Waals surface area contributed by atoms with E-state index in [2.05, 4.69) is 10.5 Å². The number of carbonyl (C=O) groups is 3. The van der Waals surface area contributed by atoms with Crippen LogP contribution in [0.2, 0.25) is 0 Å². The van der Waals surface area contributed by atoms with Crippen LogP contribution in [-0.2, 0) is 20.1 Å². The van der Waals surface area contributed by atoms with Gasteiger partial charge in [-0.25, -0.2) is 4.79 Å². The molecule has 0 unspecified atom stereocenters. The molecule has 116 valence electrons. The van der Waals surface area contributed by atoms with Crippen LogP contribution < -0.4 is 5.32 Å². The monoisotopic (exact) mass is 316 g/mol. The lowest BCUT2D eigenvalue weighted by Crippen LogP contribution is -2.43. The number of nitrogens with zero attached hydrogens (tertiary/aromatic N) is 1. The summed E-state index contributed by atoms with van der Waals surface area (Å²) in [6.07, 6.45) is -0.657. The Balaban J connectivity index is 2.43. The van der Waals surface area contributed by atoms with Crippen molar-refractivity contribution in [2.45, 2.75) is 32.1 Å². The zero-order chi connectivity index (χ0) is 16.0. The first-order valence-electron chi connectivity index (χ1n) is 6.04. The first kappa shape index (κ1) is 17.0. The molecule has 0 radical (unpaired) electrons. The Morgan fingerprint density at radius 2 is 2.00 bits per heavy atom. The maximum absolute atomic E-state index is 11.6. The second kappa shape index (κ2) is 7.67. The number of hydrogen-bond acceptors (Lipinski definition) is 6. The molecule has 0 aliphatic rings. The zero-order valence-electron chi connectivity index (χ0n) is 11.6. The summed E-state index contributed by atoms with van der Waals surface area (Å²) in [4.78, 5) is 32.9. The Morgan fingerprint density at radius 1 is 1.33 bits per heavy atom. The van der Waals surface area contributed by atoms with Gasteiger partial charge in [-0.3, -0.25) is 9.59 Å². The van der Waals surface area contributed by atoms with E-state index < -0.39 is 30.3 Å². The summed E-state index contributed by atoms with van der Waals surface area (Å²) in [6, 6.07) is -1.42. The second-order valence-corrected chi connectivity index (χ2v) is 5.34. The highest BCUT2D eigenvalue weighted by Crippen LogP contribution is 2.19. The summed E-state index contributed by atoms with van der Waals surface area (Å²) in [5, 5.41) is 23.3. The number of carboxylic acids is 2. The van der Waals surface area contributed by atoms with Gasteiger partial charge >= 0.3 is 11.9 Å². The van der Waals surface area contributed by atoms with Crippen molar-refractivity contribution in [3.63, 3.8) is 0 Å². The summed E-state index contributed by atoms with van der Waals surface area (Å²) in [7, 11) is 0. The van der Waals surface area contributed by atoms with E-state index in [0.717, 1.165) is 11.3 Å². The Hall–Kier alpha value is -2.03. The Labute approximate surface area is 124 Å². The molecule has 1 amide bonds. The van der Waals surface area contributed by atoms with Crippen LogP contribution in [0.1, 0.15) is 23.4 Å². The van der Waals surface area contributed by atoms with E-state index in [0.29, 0.717) is 11.5 Å². The maximum atomic E-state index is 11.6. The smallest absolute Gasteiger partial charge is 0.326 e. The molecule has 0 saturated carbocycles. The topological polar surface area (TPSA) is 130 Å². The van der Waals surface area contributed by atoms with Crippen molar-refractivity contribution in [2.24, 2.45) is 0 Å². The van der Waals surface area contributed by atoms with Gasteiger partial charge in [0.25, 0.3) is 0 Å². The minimum atomic E-state index is -1.42. The van der Waals surface area contributed by atoms with E-state index in [1.165, 1.54) is 11.8 Å². The van der Waals surface area contributed by atoms with Crippen molar-refractivity contribution in [3.05, 3.63) is 17.0 Å². The van der Waals surface area contributed by atoms with E-state index in [1.807, 2.05) is 0 Å². The summed E-state index contributed by atoms with van der Waals surface area (Å²) >= 11 is 1.27. The third-order valence-electron chi connectivity index (χ3n) is 2.67. The van der Waals surface area contributed by atoms with Crippen LogP contribution in [0, 0.1) is 13.8 Å². The van der Waals surface area contributed by atoms with Crippen LogP contribution in [-0.4, -0.2) is 45.0 Å². The van der Waals surface area contributed by atoms with Gasteiger partial charge in [0.2, 0.25) is 5.91 Å². The highest BCUT2D eigenvalue weighted by atomic mass is 32.2. The number of thioether (sulfide) groups is 1. The molecule has 1 atom stereocenters. The normalized spacial score (nSPS) is 11.9. The summed E-state index contributed by atoms with van der Waals surface area (Å²) in [6.45, 7) is 3.56. The predicted octanol–water partition coefficient (Wildman–Crippen LogP) is 0.569. The third kappa shape index (κ3) is 5.46. The molecule has 3 N–H and O–H groups in total. The molecule has 1 aromatic rings. The standard InChI is InChI=1S/C12H16N2O6S/c1-6-8(7(2)20-14-6)4-21-5-10(15)13-9(12(18)19)3-11(16)17/h9H,3-5H2,1-2H3,(H,13,15)(H,16,17)(H,18,19)/t9-/m0/s1. The van der Waals surface area contributed by atoms with Crippen LogP contribution >= 0.6 is 11.8 Å². The number of hydrogen-bond donors (Lipinski definition) is 3. The van der Waals surface area contributed by atoms with Gasteiger partial charge in [0.05, 0.1) is 17.9 Å². The van der Waals surface area contributed by atoms with E-state index in [-0.39, 0.29) is 5.75 Å². The predicted molar refractivity (Wildman–Crippen MR) is 74.0 cm³/mol. The Morgan fingerprint density at radius 3 is 2.48 bits per heavy atom. The van der Waals surface area contributed by atoms with Gasteiger partial charge in [-0.15, -0.1) is 11.8 Å². The third-order valence-corrected chi connectivity index (χ3v) is 3.63. The second-order valence-electron chi connectivity index (χ2n) is 4.35. The summed E-state index contributed by atoms with van der Waals surface area (Å²) < 4.78 is 4.99. The first-order chi connectivity index (χ1) is 9.81. The number of carbonyl (C=O) groups excluding carboxylic acids is 1. The lowest BCUT2D eigenvalue weighted by Gasteiger charge is -2.12. The van der Waals surface area contributed by atoms with Crippen molar-refractivity contribution < 1.29 is 29.1 Å². The van der Waals surface area contributed by atoms with Gasteiger partial charge in [-0.05, 0) is 13.8 Å². The summed E-state index contributed by atoms with van der Waals surface area (Å²) in [5.74, 6) is -1.98.